The van der Waals surface area contributed by atoms with Gasteiger partial charge in [-0.3, -0.25) is 4.79 Å². The predicted molar refractivity (Wildman–Crippen MR) is 109 cm³/mol. The van der Waals surface area contributed by atoms with E-state index in [1.54, 1.807) is 26.4 Å². The highest BCUT2D eigenvalue weighted by atomic mass is 35.5. The van der Waals surface area contributed by atoms with Gasteiger partial charge in [0, 0.05) is 11.1 Å². The fourth-order valence-electron chi connectivity index (χ4n) is 2.99. The number of carbonyl (C=O) groups is 1. The largest absolute Gasteiger partial charge is 0.493 e. The number of hydrazone groups is 1. The van der Waals surface area contributed by atoms with Crippen molar-refractivity contribution in [2.45, 2.75) is 25.4 Å². The van der Waals surface area contributed by atoms with Gasteiger partial charge in [-0.2, -0.15) is 5.10 Å². The molecule has 1 heterocycles. The maximum atomic E-state index is 12.4. The molecule has 2 aromatic carbocycles. The molecular weight excluding hydrogens is 380 g/mol. The smallest absolute Gasteiger partial charge is 0.258 e. The zero-order chi connectivity index (χ0) is 20.1. The molecule has 8 heteroatoms. The maximum absolute atomic E-state index is 12.4. The zero-order valence-corrected chi connectivity index (χ0v) is 16.7. The van der Waals surface area contributed by atoms with Crippen LogP contribution in [-0.2, 0) is 4.79 Å². The van der Waals surface area contributed by atoms with E-state index in [9.17, 15) is 4.79 Å². The quantitative estimate of drug-likeness (QED) is 0.511. The third-order valence-electron chi connectivity index (χ3n) is 4.63. The lowest BCUT2D eigenvalue weighted by molar-refractivity contribution is -0.122. The predicted octanol–water partition coefficient (Wildman–Crippen LogP) is 2.81. The minimum absolute atomic E-state index is 0.0307. The lowest BCUT2D eigenvalue weighted by Crippen LogP contribution is -2.41. The van der Waals surface area contributed by atoms with Crippen LogP contribution in [-0.4, -0.2) is 31.9 Å². The van der Waals surface area contributed by atoms with E-state index in [0.29, 0.717) is 28.7 Å². The lowest BCUT2D eigenvalue weighted by atomic mass is 10.0. The Morgan fingerprint density at radius 1 is 1.11 bits per heavy atom. The van der Waals surface area contributed by atoms with Crippen molar-refractivity contribution >= 4 is 23.2 Å². The topological polar surface area (TPSA) is 84.0 Å². The second-order valence-corrected chi connectivity index (χ2v) is 6.86. The Hall–Kier alpha value is -2.61. The minimum atomic E-state index is -0.403. The molecule has 1 saturated heterocycles. The third-order valence-corrected chi connectivity index (χ3v) is 4.88. The highest BCUT2D eigenvalue weighted by Crippen LogP contribution is 2.32. The molecule has 3 rings (SSSR count). The first-order valence-corrected chi connectivity index (χ1v) is 9.22. The van der Waals surface area contributed by atoms with Gasteiger partial charge in [-0.05, 0) is 48.7 Å². The lowest BCUT2D eigenvalue weighted by Gasteiger charge is -2.13. The molecule has 1 aliphatic rings. The summed E-state index contributed by atoms with van der Waals surface area (Å²) in [5, 5.41) is 4.84. The average molecular weight is 403 g/mol. The number of hydrogen-bond acceptors (Lipinski definition) is 6. The monoisotopic (exact) mass is 402 g/mol. The molecule has 0 radical (unpaired) electrons. The summed E-state index contributed by atoms with van der Waals surface area (Å²) in [6, 6.07) is 12.6. The zero-order valence-electron chi connectivity index (χ0n) is 16.0. The molecule has 0 aliphatic carbocycles. The number of hydrogen-bond donors (Lipinski definition) is 3. The van der Waals surface area contributed by atoms with Crippen LogP contribution in [0, 0.1) is 0 Å². The summed E-state index contributed by atoms with van der Waals surface area (Å²) in [5.41, 5.74) is 11.4. The molecule has 2 aromatic rings. The number of carbonyl (C=O) groups excluding carboxylic acids is 1. The van der Waals surface area contributed by atoms with Crippen molar-refractivity contribution in [3.05, 3.63) is 58.6 Å². The SMILES string of the molecule is COc1ccc(C2CC(C(=O)N/N=C(\C)c3ccc(Cl)cc3)NN2)cc1OC. The van der Waals surface area contributed by atoms with Gasteiger partial charge in [0.15, 0.2) is 11.5 Å². The van der Waals surface area contributed by atoms with Crippen LogP contribution in [0.15, 0.2) is 47.6 Å². The standard InChI is InChI=1S/C20H23ClN4O3/c1-12(13-4-7-15(21)8-5-13)22-25-20(26)17-11-16(23-24-17)14-6-9-18(27-2)19(10-14)28-3/h4-10,16-17,23-24H,11H2,1-3H3,(H,25,26)/b22-12+. The number of benzene rings is 2. The van der Waals surface area contributed by atoms with Crippen LogP contribution in [0.4, 0.5) is 0 Å². The molecule has 2 unspecified atom stereocenters. The second kappa shape index (κ2) is 9.05. The molecule has 0 aromatic heterocycles. The Bertz CT molecular complexity index is 870. The van der Waals surface area contributed by atoms with Gasteiger partial charge in [0.05, 0.1) is 19.9 Å². The number of methoxy groups -OCH3 is 2. The molecule has 3 N–H and O–H groups in total. The van der Waals surface area contributed by atoms with Gasteiger partial charge in [-0.1, -0.05) is 29.8 Å². The van der Waals surface area contributed by atoms with Crippen molar-refractivity contribution < 1.29 is 14.3 Å². The van der Waals surface area contributed by atoms with Crippen LogP contribution in [0.3, 0.4) is 0 Å². The van der Waals surface area contributed by atoms with E-state index in [2.05, 4.69) is 21.4 Å². The molecule has 0 spiro atoms. The van der Waals surface area contributed by atoms with E-state index in [-0.39, 0.29) is 11.9 Å². The molecule has 1 fully saturated rings. The number of nitrogens with zero attached hydrogens (tertiary/aromatic N) is 1. The maximum Gasteiger partial charge on any atom is 0.258 e. The first-order valence-electron chi connectivity index (χ1n) is 8.85. The van der Waals surface area contributed by atoms with E-state index in [1.165, 1.54) is 0 Å². The van der Waals surface area contributed by atoms with Gasteiger partial charge < -0.3 is 9.47 Å². The van der Waals surface area contributed by atoms with Gasteiger partial charge >= 0.3 is 0 Å². The van der Waals surface area contributed by atoms with Gasteiger partial charge in [-0.25, -0.2) is 16.3 Å². The molecule has 0 saturated carbocycles. The molecule has 0 bridgehead atoms. The van der Waals surface area contributed by atoms with Crippen molar-refractivity contribution in [1.82, 2.24) is 16.3 Å². The number of rotatable bonds is 6. The van der Waals surface area contributed by atoms with Crippen LogP contribution in [0.25, 0.3) is 0 Å². The van der Waals surface area contributed by atoms with Crippen LogP contribution in [0.5, 0.6) is 11.5 Å². The van der Waals surface area contributed by atoms with E-state index >= 15 is 0 Å². The summed E-state index contributed by atoms with van der Waals surface area (Å²) in [5.74, 6) is 1.11. The summed E-state index contributed by atoms with van der Waals surface area (Å²) in [6.07, 6.45) is 0.580. The molecular formula is C20H23ClN4O3. The number of nitrogens with one attached hydrogen (secondary N) is 3. The normalized spacial score (nSPS) is 19.4. The Morgan fingerprint density at radius 3 is 2.50 bits per heavy atom. The van der Waals surface area contributed by atoms with Gasteiger partial charge in [0.25, 0.3) is 5.91 Å². The van der Waals surface area contributed by atoms with Crippen LogP contribution >= 0.6 is 11.6 Å². The average Bonchev–Trinajstić information content (AvgIpc) is 3.22. The third kappa shape index (κ3) is 4.62. The Balaban J connectivity index is 1.61. The van der Waals surface area contributed by atoms with Crippen LogP contribution < -0.4 is 25.8 Å². The number of ether oxygens (including phenoxy) is 2. The van der Waals surface area contributed by atoms with E-state index in [0.717, 1.165) is 11.1 Å². The minimum Gasteiger partial charge on any atom is -0.493 e. The highest BCUT2D eigenvalue weighted by Gasteiger charge is 2.30. The second-order valence-electron chi connectivity index (χ2n) is 6.42. The van der Waals surface area contributed by atoms with Gasteiger partial charge in [0.1, 0.15) is 6.04 Å². The van der Waals surface area contributed by atoms with Gasteiger partial charge in [-0.15, -0.1) is 0 Å². The molecule has 1 aliphatic heterocycles. The molecule has 2 atom stereocenters. The number of halogens is 1. The van der Waals surface area contributed by atoms with E-state index in [1.807, 2.05) is 37.3 Å². The summed E-state index contributed by atoms with van der Waals surface area (Å²) < 4.78 is 10.6. The molecule has 1 amide bonds. The summed E-state index contributed by atoms with van der Waals surface area (Å²) in [6.45, 7) is 1.83. The first kappa shape index (κ1) is 20.1. The van der Waals surface area contributed by atoms with E-state index < -0.39 is 6.04 Å². The van der Waals surface area contributed by atoms with Gasteiger partial charge in [0.2, 0.25) is 0 Å². The highest BCUT2D eigenvalue weighted by molar-refractivity contribution is 6.30. The number of hydrazine groups is 1. The first-order chi connectivity index (χ1) is 13.5. The number of amides is 1. The summed E-state index contributed by atoms with van der Waals surface area (Å²) in [4.78, 5) is 12.4. The Kier molecular flexibility index (Phi) is 6.51. The molecule has 28 heavy (non-hydrogen) atoms. The Morgan fingerprint density at radius 2 is 1.82 bits per heavy atom. The van der Waals surface area contributed by atoms with Crippen molar-refractivity contribution in [1.29, 1.82) is 0 Å². The molecule has 148 valence electrons. The Labute approximate surface area is 169 Å². The van der Waals surface area contributed by atoms with Crippen molar-refractivity contribution in [3.63, 3.8) is 0 Å². The molecule has 7 nitrogen and oxygen atoms in total. The van der Waals surface area contributed by atoms with Crippen molar-refractivity contribution in [3.8, 4) is 11.5 Å². The van der Waals surface area contributed by atoms with Crippen molar-refractivity contribution in [2.75, 3.05) is 14.2 Å². The fraction of sp³-hybridized carbons (Fsp3) is 0.300. The summed E-state index contributed by atoms with van der Waals surface area (Å²) >= 11 is 5.89. The van der Waals surface area contributed by atoms with Crippen LogP contribution in [0.1, 0.15) is 30.5 Å². The summed E-state index contributed by atoms with van der Waals surface area (Å²) in [7, 11) is 3.19. The van der Waals surface area contributed by atoms with E-state index in [4.69, 9.17) is 21.1 Å². The fourth-order valence-corrected chi connectivity index (χ4v) is 3.11. The van der Waals surface area contributed by atoms with Crippen LogP contribution in [0.2, 0.25) is 5.02 Å². The van der Waals surface area contributed by atoms with Crippen molar-refractivity contribution in [2.24, 2.45) is 5.10 Å².